The highest BCUT2D eigenvalue weighted by Crippen LogP contribution is 2.32. The molecule has 0 aromatic rings. The molecular weight excluding hydrogens is 454 g/mol. The van der Waals surface area contributed by atoms with Crippen LogP contribution in [0.2, 0.25) is 0 Å². The van der Waals surface area contributed by atoms with Crippen LogP contribution >= 0.6 is 0 Å². The van der Waals surface area contributed by atoms with E-state index in [1.165, 1.54) is 6.92 Å². The molecule has 0 spiro atoms. The van der Waals surface area contributed by atoms with Crippen LogP contribution in [0.1, 0.15) is 80.6 Å². The first-order valence-electron chi connectivity index (χ1n) is 13.0. The van der Waals surface area contributed by atoms with Crippen molar-refractivity contribution < 1.29 is 39.9 Å². The molecule has 0 bridgehead atoms. The molecule has 1 heterocycles. The number of carbonyl (C=O) groups excluding carboxylic acids is 2. The molecule has 0 aromatic carbocycles. The highest BCUT2D eigenvalue weighted by atomic mass is 16.5. The predicted octanol–water partition coefficient (Wildman–Crippen LogP) is 1.37. The van der Waals surface area contributed by atoms with E-state index >= 15 is 0 Å². The van der Waals surface area contributed by atoms with Crippen LogP contribution in [0.25, 0.3) is 0 Å². The summed E-state index contributed by atoms with van der Waals surface area (Å²) < 4.78 is 5.89. The number of amides is 1. The van der Waals surface area contributed by atoms with E-state index in [4.69, 9.17) is 4.74 Å². The standard InChI is InChI=1S/C26H49NO8/c1-13-8-15(3)25(16(4)9-14(2)24(33)18(6)22(31)10-17(5)28)35-26(34)19(7)27-23(32)12-20(29)11-21(13)30/h13-22,24-25,28-31,33H,8-12H2,1-7H3,(H,27,32)/t13-,14+,15-,16+,17+,18-,19-,20+,21+,22-,24+,25-/m1/s1. The van der Waals surface area contributed by atoms with Crippen LogP contribution in [0.3, 0.4) is 0 Å². The number of rotatable bonds is 8. The molecule has 9 heteroatoms. The number of ether oxygens (including phenoxy) is 1. The molecular formula is C26H49NO8. The molecule has 0 aliphatic carbocycles. The van der Waals surface area contributed by atoms with Crippen LogP contribution in [-0.4, -0.2) is 80.1 Å². The highest BCUT2D eigenvalue weighted by Gasteiger charge is 2.36. The van der Waals surface area contributed by atoms with Gasteiger partial charge in [0.1, 0.15) is 12.1 Å². The Balaban J connectivity index is 3.03. The van der Waals surface area contributed by atoms with Crippen molar-refractivity contribution in [2.75, 3.05) is 0 Å². The predicted molar refractivity (Wildman–Crippen MR) is 132 cm³/mol. The molecule has 1 aliphatic heterocycles. The number of nitrogens with one attached hydrogen (secondary N) is 1. The summed E-state index contributed by atoms with van der Waals surface area (Å²) in [4.78, 5) is 25.0. The van der Waals surface area contributed by atoms with Crippen molar-refractivity contribution in [3.05, 3.63) is 0 Å². The van der Waals surface area contributed by atoms with E-state index in [0.29, 0.717) is 12.8 Å². The number of hydrogen-bond acceptors (Lipinski definition) is 8. The first-order chi connectivity index (χ1) is 16.1. The first-order valence-corrected chi connectivity index (χ1v) is 13.0. The van der Waals surface area contributed by atoms with Gasteiger partial charge in [-0.25, -0.2) is 4.79 Å². The molecule has 9 nitrogen and oxygen atoms in total. The Kier molecular flexibility index (Phi) is 13.1. The number of hydrogen-bond donors (Lipinski definition) is 6. The van der Waals surface area contributed by atoms with Gasteiger partial charge in [0.25, 0.3) is 0 Å². The van der Waals surface area contributed by atoms with Gasteiger partial charge in [0, 0.05) is 5.92 Å². The summed E-state index contributed by atoms with van der Waals surface area (Å²) in [5, 5.41) is 54.0. The maximum Gasteiger partial charge on any atom is 0.328 e. The topological polar surface area (TPSA) is 157 Å². The van der Waals surface area contributed by atoms with Gasteiger partial charge in [-0.15, -0.1) is 0 Å². The van der Waals surface area contributed by atoms with Gasteiger partial charge in [-0.1, -0.05) is 34.6 Å². The summed E-state index contributed by atoms with van der Waals surface area (Å²) in [5.41, 5.74) is 0. The minimum Gasteiger partial charge on any atom is -0.460 e. The molecule has 206 valence electrons. The molecule has 35 heavy (non-hydrogen) atoms. The van der Waals surface area contributed by atoms with Crippen LogP contribution in [0.4, 0.5) is 0 Å². The van der Waals surface area contributed by atoms with Gasteiger partial charge in [-0.3, -0.25) is 4.79 Å². The number of aliphatic hydroxyl groups is 5. The quantitative estimate of drug-likeness (QED) is 0.271. The third-order valence-electron chi connectivity index (χ3n) is 7.49. The van der Waals surface area contributed by atoms with Crippen LogP contribution in [0.5, 0.6) is 0 Å². The van der Waals surface area contributed by atoms with Gasteiger partial charge in [0.05, 0.1) is 36.9 Å². The van der Waals surface area contributed by atoms with Crippen LogP contribution in [-0.2, 0) is 14.3 Å². The molecule has 1 aliphatic rings. The van der Waals surface area contributed by atoms with Crippen molar-refractivity contribution in [3.8, 4) is 0 Å². The minimum atomic E-state index is -1.00. The number of carbonyl (C=O) groups is 2. The van der Waals surface area contributed by atoms with Crippen molar-refractivity contribution in [2.24, 2.45) is 29.6 Å². The lowest BCUT2D eigenvalue weighted by Crippen LogP contribution is -2.44. The molecule has 0 aromatic heterocycles. The Morgan fingerprint density at radius 2 is 1.54 bits per heavy atom. The third kappa shape index (κ3) is 10.3. The Bertz CT molecular complexity index is 659. The van der Waals surface area contributed by atoms with E-state index in [1.807, 2.05) is 27.7 Å². The summed E-state index contributed by atoms with van der Waals surface area (Å²) >= 11 is 0. The van der Waals surface area contributed by atoms with E-state index in [9.17, 15) is 35.1 Å². The number of cyclic esters (lactones) is 1. The van der Waals surface area contributed by atoms with E-state index in [0.717, 1.165) is 0 Å². The molecule has 1 saturated heterocycles. The zero-order valence-electron chi connectivity index (χ0n) is 22.4. The van der Waals surface area contributed by atoms with E-state index in [2.05, 4.69) is 5.32 Å². The van der Waals surface area contributed by atoms with E-state index < -0.39 is 60.5 Å². The van der Waals surface area contributed by atoms with Crippen molar-refractivity contribution in [1.29, 1.82) is 0 Å². The number of aliphatic hydroxyl groups excluding tert-OH is 5. The van der Waals surface area contributed by atoms with Gasteiger partial charge in [0.2, 0.25) is 5.91 Å². The monoisotopic (exact) mass is 503 g/mol. The second-order valence-corrected chi connectivity index (χ2v) is 11.2. The maximum absolute atomic E-state index is 12.8. The fourth-order valence-electron chi connectivity index (χ4n) is 5.24. The molecule has 0 radical (unpaired) electrons. The Morgan fingerprint density at radius 3 is 2.11 bits per heavy atom. The van der Waals surface area contributed by atoms with Crippen LogP contribution in [0.15, 0.2) is 0 Å². The SMILES string of the molecule is C[C@@H]([C@@H](O)[C@@H](C)C[C@H](C)[C@@H]1OC(=O)[C@@H](C)NC(=O)C[C@@H](O)C[C@H](O)[C@H](C)C[C@H]1C)[C@H](O)C[C@H](C)O. The van der Waals surface area contributed by atoms with Crippen LogP contribution < -0.4 is 5.32 Å². The molecule has 1 fully saturated rings. The lowest BCUT2D eigenvalue weighted by atomic mass is 9.78. The van der Waals surface area contributed by atoms with Gasteiger partial charge < -0.3 is 35.6 Å². The van der Waals surface area contributed by atoms with Crippen molar-refractivity contribution in [2.45, 2.75) is 123 Å². The summed E-state index contributed by atoms with van der Waals surface area (Å²) in [6.45, 7) is 12.5. The molecule has 12 atom stereocenters. The Labute approximate surface area is 210 Å². The molecule has 6 N–H and O–H groups in total. The largest absolute Gasteiger partial charge is 0.460 e. The summed E-state index contributed by atoms with van der Waals surface area (Å²) in [5.74, 6) is -2.17. The first kappa shape index (κ1) is 31.8. The van der Waals surface area contributed by atoms with Crippen molar-refractivity contribution in [1.82, 2.24) is 5.32 Å². The summed E-state index contributed by atoms with van der Waals surface area (Å²) in [6.07, 6.45) is -3.54. The Morgan fingerprint density at radius 1 is 0.943 bits per heavy atom. The van der Waals surface area contributed by atoms with Crippen molar-refractivity contribution >= 4 is 11.9 Å². The second kappa shape index (κ2) is 14.5. The summed E-state index contributed by atoms with van der Waals surface area (Å²) in [6, 6.07) is -0.890. The average molecular weight is 504 g/mol. The van der Waals surface area contributed by atoms with E-state index in [-0.39, 0.29) is 42.9 Å². The van der Waals surface area contributed by atoms with Crippen LogP contribution in [0, 0.1) is 29.6 Å². The summed E-state index contributed by atoms with van der Waals surface area (Å²) in [7, 11) is 0. The lowest BCUT2D eigenvalue weighted by molar-refractivity contribution is -0.159. The van der Waals surface area contributed by atoms with Gasteiger partial charge >= 0.3 is 5.97 Å². The molecule has 1 amide bonds. The second-order valence-electron chi connectivity index (χ2n) is 11.2. The molecule has 0 saturated carbocycles. The smallest absolute Gasteiger partial charge is 0.328 e. The maximum atomic E-state index is 12.8. The average Bonchev–Trinajstić information content (AvgIpc) is 2.74. The third-order valence-corrected chi connectivity index (χ3v) is 7.49. The fourth-order valence-corrected chi connectivity index (χ4v) is 5.24. The Hall–Kier alpha value is -1.26. The molecule has 1 rings (SSSR count). The number of esters is 1. The normalized spacial score (nSPS) is 34.6. The fraction of sp³-hybridized carbons (Fsp3) is 0.923. The molecule has 0 unspecified atom stereocenters. The van der Waals surface area contributed by atoms with E-state index in [1.54, 1.807) is 13.8 Å². The zero-order chi connectivity index (χ0) is 27.0. The zero-order valence-corrected chi connectivity index (χ0v) is 22.4. The van der Waals surface area contributed by atoms with Gasteiger partial charge in [-0.05, 0) is 63.2 Å². The highest BCUT2D eigenvalue weighted by molar-refractivity contribution is 5.84. The minimum absolute atomic E-state index is 0.0700. The lowest BCUT2D eigenvalue weighted by Gasteiger charge is -2.35. The van der Waals surface area contributed by atoms with Gasteiger partial charge in [0.15, 0.2) is 0 Å². The van der Waals surface area contributed by atoms with Crippen molar-refractivity contribution in [3.63, 3.8) is 0 Å². The van der Waals surface area contributed by atoms with Gasteiger partial charge in [-0.2, -0.15) is 0 Å².